The number of carbonyl (C=O) groups is 2. The van der Waals surface area contributed by atoms with Crippen molar-refractivity contribution in [3.05, 3.63) is 94.6 Å². The third kappa shape index (κ3) is 4.47. The average Bonchev–Trinajstić information content (AvgIpc) is 3.13. The van der Waals surface area contributed by atoms with E-state index in [9.17, 15) is 14.7 Å². The number of hydrogen-bond donors (Lipinski definition) is 1. The standard InChI is InChI=1S/C30H31NO5/c1-18-10-15-24(36-6)23(16-18)27(32)25-26(19-11-13-20(14-12-19)30(2,3)4)31(29(34)28(25)33)21-8-7-9-22(17-21)35-5/h7-17,26,32H,1-6H3/b27-25+. The molecule has 1 unspecified atom stereocenters. The lowest BCUT2D eigenvalue weighted by atomic mass is 9.85. The van der Waals surface area contributed by atoms with Gasteiger partial charge in [0.15, 0.2) is 0 Å². The number of benzene rings is 3. The van der Waals surface area contributed by atoms with Gasteiger partial charge in [0, 0.05) is 11.8 Å². The minimum absolute atomic E-state index is 0.00947. The quantitative estimate of drug-likeness (QED) is 0.275. The zero-order valence-electron chi connectivity index (χ0n) is 21.5. The Balaban J connectivity index is 1.97. The summed E-state index contributed by atoms with van der Waals surface area (Å²) in [5.74, 6) is -0.793. The maximum absolute atomic E-state index is 13.5. The van der Waals surface area contributed by atoms with Crippen molar-refractivity contribution in [1.82, 2.24) is 0 Å². The van der Waals surface area contributed by atoms with Gasteiger partial charge in [-0.3, -0.25) is 14.5 Å². The highest BCUT2D eigenvalue weighted by Crippen LogP contribution is 2.44. The predicted octanol–water partition coefficient (Wildman–Crippen LogP) is 5.94. The molecule has 3 aromatic carbocycles. The molecule has 186 valence electrons. The van der Waals surface area contributed by atoms with Crippen LogP contribution < -0.4 is 14.4 Å². The molecule has 1 fully saturated rings. The van der Waals surface area contributed by atoms with E-state index in [2.05, 4.69) is 20.8 Å². The third-order valence-electron chi connectivity index (χ3n) is 6.48. The summed E-state index contributed by atoms with van der Waals surface area (Å²) in [5.41, 5.74) is 3.50. The van der Waals surface area contributed by atoms with Crippen molar-refractivity contribution in [1.29, 1.82) is 0 Å². The largest absolute Gasteiger partial charge is 0.507 e. The number of hydrogen-bond acceptors (Lipinski definition) is 5. The first-order chi connectivity index (χ1) is 17.1. The molecule has 1 amide bonds. The molecule has 4 rings (SSSR count). The number of methoxy groups -OCH3 is 2. The second-order valence-electron chi connectivity index (χ2n) is 9.95. The van der Waals surface area contributed by atoms with Crippen LogP contribution in [0, 0.1) is 6.92 Å². The lowest BCUT2D eigenvalue weighted by molar-refractivity contribution is -0.132. The number of aliphatic hydroxyl groups is 1. The van der Waals surface area contributed by atoms with E-state index in [0.29, 0.717) is 28.3 Å². The first kappa shape index (κ1) is 25.0. The molecule has 0 radical (unpaired) electrons. The molecule has 36 heavy (non-hydrogen) atoms. The van der Waals surface area contributed by atoms with E-state index in [0.717, 1.165) is 11.1 Å². The van der Waals surface area contributed by atoms with Crippen molar-refractivity contribution < 1.29 is 24.2 Å². The van der Waals surface area contributed by atoms with Crippen LogP contribution in [0.25, 0.3) is 5.76 Å². The maximum Gasteiger partial charge on any atom is 0.300 e. The summed E-state index contributed by atoms with van der Waals surface area (Å²) in [7, 11) is 3.04. The van der Waals surface area contributed by atoms with Gasteiger partial charge < -0.3 is 14.6 Å². The minimum atomic E-state index is -0.837. The van der Waals surface area contributed by atoms with Gasteiger partial charge in [-0.2, -0.15) is 0 Å². The summed E-state index contributed by atoms with van der Waals surface area (Å²) < 4.78 is 10.8. The van der Waals surface area contributed by atoms with Crippen LogP contribution in [0.3, 0.4) is 0 Å². The summed E-state index contributed by atoms with van der Waals surface area (Å²) in [5, 5.41) is 11.5. The summed E-state index contributed by atoms with van der Waals surface area (Å²) in [6.45, 7) is 8.24. The third-order valence-corrected chi connectivity index (χ3v) is 6.48. The lowest BCUT2D eigenvalue weighted by Gasteiger charge is -2.27. The number of rotatable bonds is 5. The fourth-order valence-electron chi connectivity index (χ4n) is 4.49. The number of aryl methyl sites for hydroxylation is 1. The van der Waals surface area contributed by atoms with Gasteiger partial charge in [-0.1, -0.05) is 62.7 Å². The van der Waals surface area contributed by atoms with Gasteiger partial charge in [-0.05, 0) is 47.7 Å². The molecule has 1 atom stereocenters. The lowest BCUT2D eigenvalue weighted by Crippen LogP contribution is -2.29. The van der Waals surface area contributed by atoms with E-state index >= 15 is 0 Å². The van der Waals surface area contributed by atoms with Crippen LogP contribution in [0.1, 0.15) is 49.1 Å². The van der Waals surface area contributed by atoms with Crippen LogP contribution in [-0.2, 0) is 15.0 Å². The van der Waals surface area contributed by atoms with Gasteiger partial charge in [0.1, 0.15) is 17.3 Å². The zero-order valence-corrected chi connectivity index (χ0v) is 21.5. The van der Waals surface area contributed by atoms with E-state index in [1.165, 1.54) is 12.0 Å². The molecule has 1 aliphatic heterocycles. The predicted molar refractivity (Wildman–Crippen MR) is 141 cm³/mol. The normalized spacial score (nSPS) is 17.4. The molecule has 1 N–H and O–H groups in total. The van der Waals surface area contributed by atoms with Crippen LogP contribution in [0.5, 0.6) is 11.5 Å². The Morgan fingerprint density at radius 2 is 1.61 bits per heavy atom. The average molecular weight is 486 g/mol. The van der Waals surface area contributed by atoms with Gasteiger partial charge in [0.25, 0.3) is 11.7 Å². The molecular weight excluding hydrogens is 454 g/mol. The van der Waals surface area contributed by atoms with Crippen LogP contribution in [-0.4, -0.2) is 31.0 Å². The SMILES string of the molecule is COc1cccc(N2C(=O)C(=O)/C(=C(/O)c3cc(C)ccc3OC)C2c2ccc(C(C)(C)C)cc2)c1. The monoisotopic (exact) mass is 485 g/mol. The van der Waals surface area contributed by atoms with Gasteiger partial charge in [0.05, 0.1) is 31.4 Å². The summed E-state index contributed by atoms with van der Waals surface area (Å²) in [4.78, 5) is 28.3. The van der Waals surface area contributed by atoms with Gasteiger partial charge in [0.2, 0.25) is 0 Å². The molecule has 0 saturated carbocycles. The molecular formula is C30H31NO5. The van der Waals surface area contributed by atoms with Crippen molar-refractivity contribution in [2.75, 3.05) is 19.1 Å². The number of amides is 1. The van der Waals surface area contributed by atoms with E-state index in [4.69, 9.17) is 9.47 Å². The van der Waals surface area contributed by atoms with Crippen molar-refractivity contribution in [3.63, 3.8) is 0 Å². The van der Waals surface area contributed by atoms with Crippen LogP contribution >= 0.6 is 0 Å². The Hall–Kier alpha value is -4.06. The fourth-order valence-corrected chi connectivity index (χ4v) is 4.49. The number of aliphatic hydroxyl groups excluding tert-OH is 1. The van der Waals surface area contributed by atoms with Crippen molar-refractivity contribution in [2.24, 2.45) is 0 Å². The molecule has 0 bridgehead atoms. The van der Waals surface area contributed by atoms with Crippen LogP contribution in [0.4, 0.5) is 5.69 Å². The Morgan fingerprint density at radius 1 is 0.917 bits per heavy atom. The molecule has 1 aliphatic rings. The van der Waals surface area contributed by atoms with Crippen molar-refractivity contribution >= 4 is 23.1 Å². The van der Waals surface area contributed by atoms with Gasteiger partial charge >= 0.3 is 0 Å². The molecule has 6 heteroatoms. The number of carbonyl (C=O) groups excluding carboxylic acids is 2. The molecule has 1 saturated heterocycles. The Bertz CT molecular complexity index is 1350. The van der Waals surface area contributed by atoms with Gasteiger partial charge in [-0.15, -0.1) is 0 Å². The first-order valence-electron chi connectivity index (χ1n) is 11.8. The maximum atomic E-state index is 13.5. The number of nitrogens with zero attached hydrogens (tertiary/aromatic N) is 1. The van der Waals surface area contributed by atoms with Gasteiger partial charge in [-0.25, -0.2) is 0 Å². The highest BCUT2D eigenvalue weighted by atomic mass is 16.5. The molecule has 0 aliphatic carbocycles. The Kier molecular flexibility index (Phi) is 6.63. The zero-order chi connectivity index (χ0) is 26.2. The van der Waals surface area contributed by atoms with E-state index in [1.807, 2.05) is 37.3 Å². The Labute approximate surface area is 211 Å². The highest BCUT2D eigenvalue weighted by Gasteiger charge is 2.47. The van der Waals surface area contributed by atoms with Crippen molar-refractivity contribution in [2.45, 2.75) is 39.2 Å². The smallest absolute Gasteiger partial charge is 0.300 e. The summed E-state index contributed by atoms with van der Waals surface area (Å²) >= 11 is 0. The summed E-state index contributed by atoms with van der Waals surface area (Å²) in [6, 6.07) is 19.3. The second-order valence-corrected chi connectivity index (χ2v) is 9.95. The number of Topliss-reactive ketones (excluding diaryl/α,β-unsaturated/α-hetero) is 1. The van der Waals surface area contributed by atoms with Crippen molar-refractivity contribution in [3.8, 4) is 11.5 Å². The first-order valence-corrected chi connectivity index (χ1v) is 11.8. The molecule has 0 aromatic heterocycles. The molecule has 6 nitrogen and oxygen atoms in total. The second kappa shape index (κ2) is 9.53. The topological polar surface area (TPSA) is 76.1 Å². The molecule has 1 heterocycles. The number of ether oxygens (including phenoxy) is 2. The van der Waals surface area contributed by atoms with E-state index in [1.54, 1.807) is 43.5 Å². The Morgan fingerprint density at radius 3 is 2.22 bits per heavy atom. The highest BCUT2D eigenvalue weighted by molar-refractivity contribution is 6.51. The molecule has 0 spiro atoms. The number of ketones is 1. The van der Waals surface area contributed by atoms with E-state index in [-0.39, 0.29) is 16.7 Å². The van der Waals surface area contributed by atoms with Crippen LogP contribution in [0.2, 0.25) is 0 Å². The van der Waals surface area contributed by atoms with E-state index < -0.39 is 17.7 Å². The van der Waals surface area contributed by atoms with Crippen LogP contribution in [0.15, 0.2) is 72.3 Å². The minimum Gasteiger partial charge on any atom is -0.507 e. The fraction of sp³-hybridized carbons (Fsp3) is 0.267. The molecule has 3 aromatic rings. The summed E-state index contributed by atoms with van der Waals surface area (Å²) in [6.07, 6.45) is 0. The number of anilines is 1.